The van der Waals surface area contributed by atoms with Gasteiger partial charge in [0.2, 0.25) is 0 Å². The van der Waals surface area contributed by atoms with Gasteiger partial charge in [0, 0.05) is 25.7 Å². The highest BCUT2D eigenvalue weighted by Crippen LogP contribution is 2.16. The van der Waals surface area contributed by atoms with Crippen molar-refractivity contribution in [2.24, 2.45) is 4.99 Å². The molecular weight excluding hydrogens is 274 g/mol. The number of hydrogen-bond donors (Lipinski definition) is 2. The fraction of sp³-hybridized carbons (Fsp3) is 0.941. The molecule has 0 amide bonds. The third kappa shape index (κ3) is 7.45. The van der Waals surface area contributed by atoms with E-state index in [4.69, 9.17) is 4.99 Å². The third-order valence-electron chi connectivity index (χ3n) is 4.39. The number of likely N-dealkylation sites (N-methyl/N-ethyl adjacent to an activating group) is 2. The fourth-order valence-corrected chi connectivity index (χ4v) is 2.96. The summed E-state index contributed by atoms with van der Waals surface area (Å²) in [6.07, 6.45) is 5.15. The van der Waals surface area contributed by atoms with Crippen LogP contribution in [0.5, 0.6) is 0 Å². The molecule has 0 aliphatic carbocycles. The van der Waals surface area contributed by atoms with Crippen LogP contribution in [0, 0.1) is 0 Å². The molecule has 0 spiro atoms. The standard InChI is InChI=1S/C17H37N5/c1-5-8-12-21(4)14-11-19-17(18-6-2)20-15-16-10-9-13-22(16)7-3/h16H,5-15H2,1-4H3,(H2,18,19,20). The number of unbranched alkanes of at least 4 members (excludes halogenated alkanes) is 1. The zero-order chi connectivity index (χ0) is 16.2. The van der Waals surface area contributed by atoms with E-state index in [0.717, 1.165) is 38.7 Å². The van der Waals surface area contributed by atoms with Crippen LogP contribution < -0.4 is 10.6 Å². The second-order valence-corrected chi connectivity index (χ2v) is 6.23. The number of nitrogens with one attached hydrogen (secondary N) is 2. The molecule has 1 heterocycles. The van der Waals surface area contributed by atoms with Gasteiger partial charge in [-0.15, -0.1) is 0 Å². The summed E-state index contributed by atoms with van der Waals surface area (Å²) in [5.41, 5.74) is 0. The molecule has 22 heavy (non-hydrogen) atoms. The smallest absolute Gasteiger partial charge is 0.191 e. The number of guanidine groups is 1. The third-order valence-corrected chi connectivity index (χ3v) is 4.39. The van der Waals surface area contributed by atoms with Gasteiger partial charge in [0.1, 0.15) is 0 Å². The first kappa shape index (κ1) is 19.2. The minimum absolute atomic E-state index is 0.632. The second kappa shape index (κ2) is 11.7. The van der Waals surface area contributed by atoms with Gasteiger partial charge in [-0.3, -0.25) is 9.89 Å². The van der Waals surface area contributed by atoms with Gasteiger partial charge in [-0.05, 0) is 52.9 Å². The van der Waals surface area contributed by atoms with Crippen molar-refractivity contribution < 1.29 is 0 Å². The molecule has 0 bridgehead atoms. The first-order valence-electron chi connectivity index (χ1n) is 9.16. The number of rotatable bonds is 10. The predicted octanol–water partition coefficient (Wildman–Crippen LogP) is 1.76. The molecule has 0 aromatic carbocycles. The average Bonchev–Trinajstić information content (AvgIpc) is 2.98. The van der Waals surface area contributed by atoms with Crippen molar-refractivity contribution in [3.05, 3.63) is 0 Å². The molecule has 5 heteroatoms. The zero-order valence-electron chi connectivity index (χ0n) is 15.2. The predicted molar refractivity (Wildman–Crippen MR) is 96.7 cm³/mol. The first-order chi connectivity index (χ1) is 10.7. The molecule has 1 saturated heterocycles. The molecule has 0 saturated carbocycles. The molecule has 5 nitrogen and oxygen atoms in total. The quantitative estimate of drug-likeness (QED) is 0.476. The van der Waals surface area contributed by atoms with E-state index in [1.807, 2.05) is 0 Å². The Kier molecular flexibility index (Phi) is 10.2. The normalized spacial score (nSPS) is 19.9. The van der Waals surface area contributed by atoms with Crippen molar-refractivity contribution in [1.29, 1.82) is 0 Å². The number of hydrogen-bond acceptors (Lipinski definition) is 3. The van der Waals surface area contributed by atoms with Crippen LogP contribution in [0.3, 0.4) is 0 Å². The van der Waals surface area contributed by atoms with Crippen molar-refractivity contribution in [1.82, 2.24) is 20.4 Å². The van der Waals surface area contributed by atoms with Gasteiger partial charge < -0.3 is 15.5 Å². The van der Waals surface area contributed by atoms with E-state index in [1.165, 1.54) is 38.8 Å². The number of likely N-dealkylation sites (tertiary alicyclic amines) is 1. The molecule has 2 N–H and O–H groups in total. The van der Waals surface area contributed by atoms with Gasteiger partial charge >= 0.3 is 0 Å². The molecule has 1 aliphatic rings. The van der Waals surface area contributed by atoms with E-state index in [1.54, 1.807) is 0 Å². The molecule has 0 radical (unpaired) electrons. The summed E-state index contributed by atoms with van der Waals surface area (Å²) in [6, 6.07) is 0.632. The van der Waals surface area contributed by atoms with Gasteiger partial charge in [0.15, 0.2) is 5.96 Å². The van der Waals surface area contributed by atoms with Gasteiger partial charge in [-0.25, -0.2) is 0 Å². The first-order valence-corrected chi connectivity index (χ1v) is 9.16. The van der Waals surface area contributed by atoms with E-state index in [-0.39, 0.29) is 0 Å². The average molecular weight is 312 g/mol. The van der Waals surface area contributed by atoms with E-state index in [2.05, 4.69) is 48.3 Å². The maximum atomic E-state index is 4.79. The van der Waals surface area contributed by atoms with Crippen molar-refractivity contribution in [3.8, 4) is 0 Å². The van der Waals surface area contributed by atoms with Crippen LogP contribution in [0.2, 0.25) is 0 Å². The van der Waals surface area contributed by atoms with Crippen LogP contribution in [0.15, 0.2) is 4.99 Å². The summed E-state index contributed by atoms with van der Waals surface area (Å²) in [4.78, 5) is 9.72. The monoisotopic (exact) mass is 311 g/mol. The Morgan fingerprint density at radius 1 is 1.23 bits per heavy atom. The highest BCUT2D eigenvalue weighted by molar-refractivity contribution is 5.79. The number of nitrogens with zero attached hydrogens (tertiary/aromatic N) is 3. The lowest BCUT2D eigenvalue weighted by atomic mass is 10.2. The van der Waals surface area contributed by atoms with Gasteiger partial charge in [0.25, 0.3) is 0 Å². The largest absolute Gasteiger partial charge is 0.357 e. The minimum Gasteiger partial charge on any atom is -0.357 e. The molecule has 1 rings (SSSR count). The van der Waals surface area contributed by atoms with Gasteiger partial charge in [-0.1, -0.05) is 20.3 Å². The Morgan fingerprint density at radius 2 is 2.05 bits per heavy atom. The molecule has 0 aromatic heterocycles. The lowest BCUT2D eigenvalue weighted by Crippen LogP contribution is -2.42. The van der Waals surface area contributed by atoms with Crippen LogP contribution in [0.4, 0.5) is 0 Å². The Balaban J connectivity index is 2.32. The highest BCUT2D eigenvalue weighted by atomic mass is 15.2. The maximum absolute atomic E-state index is 4.79. The van der Waals surface area contributed by atoms with Crippen LogP contribution >= 0.6 is 0 Å². The molecule has 1 atom stereocenters. The molecule has 1 unspecified atom stereocenters. The van der Waals surface area contributed by atoms with Crippen molar-refractivity contribution >= 4 is 5.96 Å². The van der Waals surface area contributed by atoms with E-state index >= 15 is 0 Å². The molecular formula is C17H37N5. The molecule has 1 aliphatic heterocycles. The zero-order valence-corrected chi connectivity index (χ0v) is 15.2. The second-order valence-electron chi connectivity index (χ2n) is 6.23. The Bertz CT molecular complexity index is 305. The van der Waals surface area contributed by atoms with Crippen molar-refractivity contribution in [2.75, 3.05) is 52.9 Å². The summed E-state index contributed by atoms with van der Waals surface area (Å²) in [7, 11) is 2.19. The van der Waals surface area contributed by atoms with E-state index < -0.39 is 0 Å². The van der Waals surface area contributed by atoms with Crippen LogP contribution in [0.25, 0.3) is 0 Å². The van der Waals surface area contributed by atoms with Crippen molar-refractivity contribution in [3.63, 3.8) is 0 Å². The van der Waals surface area contributed by atoms with Crippen LogP contribution in [-0.4, -0.2) is 74.7 Å². The number of aliphatic imine (C=N–C) groups is 1. The van der Waals surface area contributed by atoms with Crippen molar-refractivity contribution in [2.45, 2.75) is 52.5 Å². The Hall–Kier alpha value is -0.810. The summed E-state index contributed by atoms with van der Waals surface area (Å²) in [6.45, 7) is 14.0. The van der Waals surface area contributed by atoms with Crippen LogP contribution in [-0.2, 0) is 0 Å². The summed E-state index contributed by atoms with van der Waals surface area (Å²) < 4.78 is 0. The van der Waals surface area contributed by atoms with Gasteiger partial charge in [0.05, 0.1) is 6.54 Å². The molecule has 0 aromatic rings. The maximum Gasteiger partial charge on any atom is 0.191 e. The summed E-state index contributed by atoms with van der Waals surface area (Å²) in [5, 5.41) is 6.82. The van der Waals surface area contributed by atoms with Gasteiger partial charge in [-0.2, -0.15) is 0 Å². The van der Waals surface area contributed by atoms with E-state index in [0.29, 0.717) is 6.04 Å². The van der Waals surface area contributed by atoms with Crippen LogP contribution in [0.1, 0.15) is 46.5 Å². The fourth-order valence-electron chi connectivity index (χ4n) is 2.96. The summed E-state index contributed by atoms with van der Waals surface area (Å²) in [5.74, 6) is 0.967. The molecule has 130 valence electrons. The lowest BCUT2D eigenvalue weighted by Gasteiger charge is -2.22. The summed E-state index contributed by atoms with van der Waals surface area (Å²) >= 11 is 0. The SMILES string of the molecule is CCCCN(C)CCNC(=NCC1CCCN1CC)NCC. The van der Waals surface area contributed by atoms with E-state index in [9.17, 15) is 0 Å². The Labute approximate surface area is 137 Å². The topological polar surface area (TPSA) is 42.9 Å². The molecule has 1 fully saturated rings. The minimum atomic E-state index is 0.632. The lowest BCUT2D eigenvalue weighted by molar-refractivity contribution is 0.273. The highest BCUT2D eigenvalue weighted by Gasteiger charge is 2.22. The Morgan fingerprint density at radius 3 is 2.73 bits per heavy atom.